The molecular weight excluding hydrogens is 212 g/mol. The molecule has 17 heavy (non-hydrogen) atoms. The summed E-state index contributed by atoms with van der Waals surface area (Å²) in [6.07, 6.45) is 4.48. The minimum absolute atomic E-state index is 0.302. The standard InChI is InChI=1S/C14H14N2O/c15-8-11-7-10-3-1-2-4-13(10)17-14-9-16-6-5-12(11)14/h1-6,9,11H,7-8,15H2/t11-/m0/s1. The van der Waals surface area contributed by atoms with Gasteiger partial charge in [-0.15, -0.1) is 0 Å². The number of aromatic nitrogens is 1. The van der Waals surface area contributed by atoms with Crippen LogP contribution in [0.4, 0.5) is 0 Å². The summed E-state index contributed by atoms with van der Waals surface area (Å²) in [5.74, 6) is 2.04. The van der Waals surface area contributed by atoms with Gasteiger partial charge >= 0.3 is 0 Å². The monoisotopic (exact) mass is 226 g/mol. The molecule has 2 N–H and O–H groups in total. The zero-order valence-corrected chi connectivity index (χ0v) is 9.47. The molecule has 1 aliphatic heterocycles. The Kier molecular flexibility index (Phi) is 2.53. The Bertz CT molecular complexity index is 539. The molecule has 0 saturated carbocycles. The molecule has 1 aliphatic rings. The maximum atomic E-state index is 5.92. The largest absolute Gasteiger partial charge is 0.455 e. The van der Waals surface area contributed by atoms with Crippen molar-refractivity contribution in [2.45, 2.75) is 12.3 Å². The summed E-state index contributed by atoms with van der Waals surface area (Å²) >= 11 is 0. The highest BCUT2D eigenvalue weighted by Crippen LogP contribution is 2.37. The van der Waals surface area contributed by atoms with E-state index in [1.165, 1.54) is 5.56 Å². The van der Waals surface area contributed by atoms with Crippen LogP contribution in [0.3, 0.4) is 0 Å². The molecule has 0 aliphatic carbocycles. The summed E-state index contributed by atoms with van der Waals surface area (Å²) in [5.41, 5.74) is 8.23. The molecule has 0 unspecified atom stereocenters. The number of fused-ring (bicyclic) bond motifs is 2. The topological polar surface area (TPSA) is 48.1 Å². The van der Waals surface area contributed by atoms with Crippen molar-refractivity contribution in [3.05, 3.63) is 53.9 Å². The van der Waals surface area contributed by atoms with Crippen LogP contribution in [0.15, 0.2) is 42.7 Å². The minimum Gasteiger partial charge on any atom is -0.455 e. The molecule has 0 amide bonds. The van der Waals surface area contributed by atoms with Gasteiger partial charge in [0.1, 0.15) is 11.5 Å². The molecule has 3 heteroatoms. The van der Waals surface area contributed by atoms with E-state index in [2.05, 4.69) is 11.1 Å². The van der Waals surface area contributed by atoms with E-state index in [-0.39, 0.29) is 0 Å². The van der Waals surface area contributed by atoms with Crippen LogP contribution < -0.4 is 10.5 Å². The van der Waals surface area contributed by atoms with Crippen LogP contribution >= 0.6 is 0 Å². The average molecular weight is 226 g/mol. The highest BCUT2D eigenvalue weighted by atomic mass is 16.5. The van der Waals surface area contributed by atoms with E-state index in [0.29, 0.717) is 12.5 Å². The number of para-hydroxylation sites is 1. The van der Waals surface area contributed by atoms with E-state index in [4.69, 9.17) is 10.5 Å². The van der Waals surface area contributed by atoms with Crippen LogP contribution in [-0.4, -0.2) is 11.5 Å². The highest BCUT2D eigenvalue weighted by molar-refractivity contribution is 5.45. The lowest BCUT2D eigenvalue weighted by Gasteiger charge is -2.13. The third kappa shape index (κ3) is 1.78. The average Bonchev–Trinajstić information content (AvgIpc) is 2.54. The van der Waals surface area contributed by atoms with Gasteiger partial charge in [0.05, 0.1) is 6.20 Å². The Balaban J connectivity index is 2.13. The van der Waals surface area contributed by atoms with Crippen LogP contribution in [0.5, 0.6) is 11.5 Å². The lowest BCUT2D eigenvalue weighted by Crippen LogP contribution is -2.14. The first-order valence-corrected chi connectivity index (χ1v) is 5.78. The Morgan fingerprint density at radius 3 is 3.00 bits per heavy atom. The summed E-state index contributed by atoms with van der Waals surface area (Å²) in [5, 5.41) is 0. The van der Waals surface area contributed by atoms with E-state index < -0.39 is 0 Å². The van der Waals surface area contributed by atoms with Crippen LogP contribution in [-0.2, 0) is 6.42 Å². The van der Waals surface area contributed by atoms with Gasteiger partial charge < -0.3 is 10.5 Å². The molecule has 0 spiro atoms. The van der Waals surface area contributed by atoms with Crippen molar-refractivity contribution in [3.63, 3.8) is 0 Å². The van der Waals surface area contributed by atoms with Crippen LogP contribution in [0.1, 0.15) is 17.0 Å². The molecule has 1 aromatic heterocycles. The molecule has 0 saturated heterocycles. The molecule has 2 aromatic rings. The van der Waals surface area contributed by atoms with Crippen molar-refractivity contribution < 1.29 is 4.74 Å². The van der Waals surface area contributed by atoms with Crippen LogP contribution in [0.2, 0.25) is 0 Å². The van der Waals surface area contributed by atoms with Crippen LogP contribution in [0.25, 0.3) is 0 Å². The number of nitrogens with two attached hydrogens (primary N) is 1. The molecule has 1 aromatic carbocycles. The van der Waals surface area contributed by atoms with Crippen molar-refractivity contribution in [3.8, 4) is 11.5 Å². The van der Waals surface area contributed by atoms with Crippen molar-refractivity contribution in [2.24, 2.45) is 5.73 Å². The smallest absolute Gasteiger partial charge is 0.149 e. The predicted octanol–water partition coefficient (Wildman–Crippen LogP) is 2.47. The molecular formula is C14H14N2O. The van der Waals surface area contributed by atoms with Gasteiger partial charge in [-0.3, -0.25) is 4.98 Å². The van der Waals surface area contributed by atoms with E-state index in [9.17, 15) is 0 Å². The van der Waals surface area contributed by atoms with Gasteiger partial charge in [0.2, 0.25) is 0 Å². The second-order valence-electron chi connectivity index (χ2n) is 4.26. The van der Waals surface area contributed by atoms with Crippen molar-refractivity contribution in [1.82, 2.24) is 4.98 Å². The maximum Gasteiger partial charge on any atom is 0.149 e. The van der Waals surface area contributed by atoms with E-state index in [1.807, 2.05) is 24.3 Å². The summed E-state index contributed by atoms with van der Waals surface area (Å²) in [7, 11) is 0. The molecule has 3 rings (SSSR count). The number of benzene rings is 1. The number of nitrogens with zero attached hydrogens (tertiary/aromatic N) is 1. The van der Waals surface area contributed by atoms with Gasteiger partial charge in [0.25, 0.3) is 0 Å². The molecule has 0 bridgehead atoms. The molecule has 86 valence electrons. The van der Waals surface area contributed by atoms with Gasteiger partial charge in [0, 0.05) is 17.7 Å². The minimum atomic E-state index is 0.302. The van der Waals surface area contributed by atoms with Gasteiger partial charge in [-0.25, -0.2) is 0 Å². The Hall–Kier alpha value is -1.87. The first-order chi connectivity index (χ1) is 8.38. The fourth-order valence-corrected chi connectivity index (χ4v) is 2.29. The van der Waals surface area contributed by atoms with Gasteiger partial charge in [-0.2, -0.15) is 0 Å². The summed E-state index contributed by atoms with van der Waals surface area (Å²) in [6.45, 7) is 0.620. The number of rotatable bonds is 1. The fraction of sp³-hybridized carbons (Fsp3) is 0.214. The second-order valence-corrected chi connectivity index (χ2v) is 4.26. The van der Waals surface area contributed by atoms with E-state index >= 15 is 0 Å². The number of pyridine rings is 1. The summed E-state index contributed by atoms with van der Waals surface area (Å²) in [6, 6.07) is 10.1. The quantitative estimate of drug-likeness (QED) is 0.812. The first kappa shape index (κ1) is 10.3. The van der Waals surface area contributed by atoms with E-state index in [0.717, 1.165) is 23.5 Å². The Labute approximate surface area is 100 Å². The third-order valence-electron chi connectivity index (χ3n) is 3.20. The normalized spacial score (nSPS) is 17.6. The zero-order chi connectivity index (χ0) is 11.7. The predicted molar refractivity (Wildman–Crippen MR) is 66.3 cm³/mol. The van der Waals surface area contributed by atoms with E-state index in [1.54, 1.807) is 12.4 Å². The van der Waals surface area contributed by atoms with Gasteiger partial charge in [0.15, 0.2) is 0 Å². The molecule has 0 fully saturated rings. The first-order valence-electron chi connectivity index (χ1n) is 5.78. The summed E-state index contributed by atoms with van der Waals surface area (Å²) < 4.78 is 5.92. The Morgan fingerprint density at radius 2 is 2.12 bits per heavy atom. The van der Waals surface area contributed by atoms with Gasteiger partial charge in [-0.1, -0.05) is 18.2 Å². The number of hydrogen-bond donors (Lipinski definition) is 1. The zero-order valence-electron chi connectivity index (χ0n) is 9.47. The SMILES string of the molecule is NC[C@@H]1Cc2ccccc2Oc2cnccc21. The third-order valence-corrected chi connectivity index (χ3v) is 3.20. The lowest BCUT2D eigenvalue weighted by molar-refractivity contribution is 0.475. The maximum absolute atomic E-state index is 5.92. The number of ether oxygens (including phenoxy) is 1. The molecule has 1 atom stereocenters. The lowest BCUT2D eigenvalue weighted by atomic mass is 9.93. The van der Waals surface area contributed by atoms with Crippen molar-refractivity contribution in [2.75, 3.05) is 6.54 Å². The molecule has 2 heterocycles. The van der Waals surface area contributed by atoms with Crippen molar-refractivity contribution in [1.29, 1.82) is 0 Å². The Morgan fingerprint density at radius 1 is 1.24 bits per heavy atom. The second kappa shape index (κ2) is 4.18. The van der Waals surface area contributed by atoms with Gasteiger partial charge in [-0.05, 0) is 30.7 Å². The van der Waals surface area contributed by atoms with Crippen LogP contribution in [0, 0.1) is 0 Å². The molecule has 3 nitrogen and oxygen atoms in total. The number of hydrogen-bond acceptors (Lipinski definition) is 3. The molecule has 0 radical (unpaired) electrons. The van der Waals surface area contributed by atoms with Crippen molar-refractivity contribution >= 4 is 0 Å². The summed E-state index contributed by atoms with van der Waals surface area (Å²) in [4.78, 5) is 4.12. The highest BCUT2D eigenvalue weighted by Gasteiger charge is 2.21. The fourth-order valence-electron chi connectivity index (χ4n) is 2.29.